The molecule has 0 aliphatic heterocycles. The average Bonchev–Trinajstić information content (AvgIpc) is 2.63. The van der Waals surface area contributed by atoms with Crippen molar-refractivity contribution in [1.82, 2.24) is 20.0 Å². The van der Waals surface area contributed by atoms with Crippen LogP contribution in [0.1, 0.15) is 5.69 Å². The van der Waals surface area contributed by atoms with Gasteiger partial charge in [-0.1, -0.05) is 11.3 Å². The molecule has 0 aliphatic carbocycles. The van der Waals surface area contributed by atoms with Crippen LogP contribution in [0.15, 0.2) is 30.6 Å². The first-order valence-electron chi connectivity index (χ1n) is 4.35. The van der Waals surface area contributed by atoms with Crippen molar-refractivity contribution in [2.45, 2.75) is 6.54 Å². The van der Waals surface area contributed by atoms with Gasteiger partial charge in [0.1, 0.15) is 11.5 Å². The van der Waals surface area contributed by atoms with Gasteiger partial charge in [0.25, 0.3) is 0 Å². The number of rotatable bonds is 3. The fourth-order valence-corrected chi connectivity index (χ4v) is 1.12. The van der Waals surface area contributed by atoms with Gasteiger partial charge in [-0.2, -0.15) is 0 Å². The lowest BCUT2D eigenvalue weighted by molar-refractivity contribution is 0.713. The van der Waals surface area contributed by atoms with Crippen LogP contribution >= 0.6 is 0 Å². The van der Waals surface area contributed by atoms with Crippen molar-refractivity contribution in [3.8, 4) is 0 Å². The van der Waals surface area contributed by atoms with Gasteiger partial charge in [-0.3, -0.25) is 4.68 Å². The quantitative estimate of drug-likeness (QED) is 0.776. The Hall–Kier alpha value is -1.91. The van der Waals surface area contributed by atoms with Gasteiger partial charge in [-0.05, 0) is 12.1 Å². The maximum atomic E-state index is 4.13. The summed E-state index contributed by atoms with van der Waals surface area (Å²) in [5.74, 6) is 0.846. The molecule has 0 aromatic carbocycles. The van der Waals surface area contributed by atoms with Crippen molar-refractivity contribution in [2.24, 2.45) is 7.05 Å². The largest absolute Gasteiger partial charge is 0.364 e. The second-order valence-electron chi connectivity index (χ2n) is 2.95. The van der Waals surface area contributed by atoms with Crippen LogP contribution < -0.4 is 5.32 Å². The Kier molecular flexibility index (Phi) is 2.40. The Morgan fingerprint density at radius 1 is 1.43 bits per heavy atom. The SMILES string of the molecule is Cn1cc(CNc2ccccn2)nn1. The first kappa shape index (κ1) is 8.68. The molecule has 2 heterocycles. The molecule has 5 nitrogen and oxygen atoms in total. The summed E-state index contributed by atoms with van der Waals surface area (Å²) in [5, 5.41) is 10.9. The fourth-order valence-electron chi connectivity index (χ4n) is 1.12. The average molecular weight is 189 g/mol. The number of hydrogen-bond donors (Lipinski definition) is 1. The van der Waals surface area contributed by atoms with E-state index in [0.717, 1.165) is 11.5 Å². The van der Waals surface area contributed by atoms with E-state index in [1.165, 1.54) is 0 Å². The summed E-state index contributed by atoms with van der Waals surface area (Å²) >= 11 is 0. The smallest absolute Gasteiger partial charge is 0.126 e. The number of aromatic nitrogens is 4. The van der Waals surface area contributed by atoms with Gasteiger partial charge in [0, 0.05) is 19.4 Å². The minimum Gasteiger partial charge on any atom is -0.364 e. The van der Waals surface area contributed by atoms with Gasteiger partial charge in [0.05, 0.1) is 6.54 Å². The minimum atomic E-state index is 0.644. The van der Waals surface area contributed by atoms with E-state index in [2.05, 4.69) is 20.6 Å². The van der Waals surface area contributed by atoms with Gasteiger partial charge in [-0.15, -0.1) is 5.10 Å². The lowest BCUT2D eigenvalue weighted by Gasteiger charge is -2.00. The third-order valence-corrected chi connectivity index (χ3v) is 1.77. The second-order valence-corrected chi connectivity index (χ2v) is 2.95. The molecule has 0 unspecified atom stereocenters. The summed E-state index contributed by atoms with van der Waals surface area (Å²) in [4.78, 5) is 4.13. The van der Waals surface area contributed by atoms with E-state index >= 15 is 0 Å². The third kappa shape index (κ3) is 2.07. The first-order valence-corrected chi connectivity index (χ1v) is 4.35. The molecule has 0 spiro atoms. The minimum absolute atomic E-state index is 0.644. The summed E-state index contributed by atoms with van der Waals surface area (Å²) in [5.41, 5.74) is 0.901. The molecule has 14 heavy (non-hydrogen) atoms. The molecule has 0 radical (unpaired) electrons. The number of aryl methyl sites for hydroxylation is 1. The molecule has 1 N–H and O–H groups in total. The molecule has 0 fully saturated rings. The highest BCUT2D eigenvalue weighted by atomic mass is 15.4. The number of nitrogens with zero attached hydrogens (tertiary/aromatic N) is 4. The van der Waals surface area contributed by atoms with Crippen LogP contribution in [0.5, 0.6) is 0 Å². The summed E-state index contributed by atoms with van der Waals surface area (Å²) in [7, 11) is 1.84. The maximum absolute atomic E-state index is 4.13. The summed E-state index contributed by atoms with van der Waals surface area (Å²) in [6.45, 7) is 0.644. The van der Waals surface area contributed by atoms with E-state index in [0.29, 0.717) is 6.54 Å². The van der Waals surface area contributed by atoms with Crippen LogP contribution in [0, 0.1) is 0 Å². The fraction of sp³-hybridized carbons (Fsp3) is 0.222. The monoisotopic (exact) mass is 189 g/mol. The molecule has 2 rings (SSSR count). The lowest BCUT2D eigenvalue weighted by Crippen LogP contribution is -2.00. The molecule has 72 valence electrons. The second kappa shape index (κ2) is 3.87. The third-order valence-electron chi connectivity index (χ3n) is 1.77. The van der Waals surface area contributed by atoms with Crippen LogP contribution in [0.2, 0.25) is 0 Å². The van der Waals surface area contributed by atoms with E-state index in [1.807, 2.05) is 31.4 Å². The number of pyridine rings is 1. The Morgan fingerprint density at radius 2 is 2.36 bits per heavy atom. The molecule has 0 bridgehead atoms. The highest BCUT2D eigenvalue weighted by molar-refractivity contribution is 5.33. The Bertz CT molecular complexity index is 395. The molecule has 0 saturated heterocycles. The van der Waals surface area contributed by atoms with E-state index in [4.69, 9.17) is 0 Å². The zero-order valence-corrected chi connectivity index (χ0v) is 7.88. The van der Waals surface area contributed by atoms with Crippen LogP contribution in [0.25, 0.3) is 0 Å². The first-order chi connectivity index (χ1) is 6.84. The molecule has 0 saturated carbocycles. The van der Waals surface area contributed by atoms with Crippen molar-refractivity contribution >= 4 is 5.82 Å². The highest BCUT2D eigenvalue weighted by Crippen LogP contribution is 2.02. The molecule has 0 aliphatic rings. The Balaban J connectivity index is 1.95. The van der Waals surface area contributed by atoms with Gasteiger partial charge in [0.15, 0.2) is 0 Å². The highest BCUT2D eigenvalue weighted by Gasteiger charge is 1.97. The van der Waals surface area contributed by atoms with Crippen LogP contribution in [-0.2, 0) is 13.6 Å². The van der Waals surface area contributed by atoms with Crippen molar-refractivity contribution in [2.75, 3.05) is 5.32 Å². The van der Waals surface area contributed by atoms with E-state index < -0.39 is 0 Å². The van der Waals surface area contributed by atoms with Gasteiger partial charge in [0.2, 0.25) is 0 Å². The molecule has 5 heteroatoms. The van der Waals surface area contributed by atoms with Crippen molar-refractivity contribution < 1.29 is 0 Å². The predicted octanol–water partition coefficient (Wildman–Crippen LogP) is 0.822. The van der Waals surface area contributed by atoms with Crippen LogP contribution in [0.4, 0.5) is 5.82 Å². The van der Waals surface area contributed by atoms with E-state index in [9.17, 15) is 0 Å². The molecular weight excluding hydrogens is 178 g/mol. The Labute approximate surface area is 81.8 Å². The number of nitrogens with one attached hydrogen (secondary N) is 1. The maximum Gasteiger partial charge on any atom is 0.126 e. The topological polar surface area (TPSA) is 55.6 Å². The number of anilines is 1. The van der Waals surface area contributed by atoms with Gasteiger partial charge >= 0.3 is 0 Å². The van der Waals surface area contributed by atoms with Crippen molar-refractivity contribution in [1.29, 1.82) is 0 Å². The zero-order chi connectivity index (χ0) is 9.80. The van der Waals surface area contributed by atoms with Gasteiger partial charge in [-0.25, -0.2) is 4.98 Å². The Morgan fingerprint density at radius 3 is 3.00 bits per heavy atom. The summed E-state index contributed by atoms with van der Waals surface area (Å²) in [6, 6.07) is 5.73. The molecule has 2 aromatic heterocycles. The van der Waals surface area contributed by atoms with Crippen LogP contribution in [0.3, 0.4) is 0 Å². The van der Waals surface area contributed by atoms with Crippen LogP contribution in [-0.4, -0.2) is 20.0 Å². The lowest BCUT2D eigenvalue weighted by atomic mass is 10.4. The standard InChI is InChI=1S/C9H11N5/c1-14-7-8(12-13-14)6-11-9-4-2-3-5-10-9/h2-5,7H,6H2,1H3,(H,10,11). The van der Waals surface area contributed by atoms with Crippen molar-refractivity contribution in [3.63, 3.8) is 0 Å². The molecule has 2 aromatic rings. The summed E-state index contributed by atoms with van der Waals surface area (Å²) < 4.78 is 1.68. The summed E-state index contributed by atoms with van der Waals surface area (Å²) in [6.07, 6.45) is 3.62. The molecular formula is C9H11N5. The van der Waals surface area contributed by atoms with E-state index in [-0.39, 0.29) is 0 Å². The number of hydrogen-bond acceptors (Lipinski definition) is 4. The molecule has 0 amide bonds. The molecule has 0 atom stereocenters. The predicted molar refractivity (Wildman–Crippen MR) is 52.6 cm³/mol. The van der Waals surface area contributed by atoms with E-state index in [1.54, 1.807) is 10.9 Å². The van der Waals surface area contributed by atoms with Crippen molar-refractivity contribution in [3.05, 3.63) is 36.3 Å². The zero-order valence-electron chi connectivity index (χ0n) is 7.88. The van der Waals surface area contributed by atoms with Gasteiger partial charge < -0.3 is 5.32 Å². The normalized spacial score (nSPS) is 10.1.